The highest BCUT2D eigenvalue weighted by atomic mass is 35.5. The molecule has 0 aromatic heterocycles. The van der Waals surface area contributed by atoms with Crippen molar-refractivity contribution in [2.24, 2.45) is 11.3 Å². The third-order valence-corrected chi connectivity index (χ3v) is 5.68. The van der Waals surface area contributed by atoms with Gasteiger partial charge in [-0.3, -0.25) is 4.79 Å². The van der Waals surface area contributed by atoms with Gasteiger partial charge >= 0.3 is 0 Å². The quantitative estimate of drug-likeness (QED) is 0.856. The maximum atomic E-state index is 12.5. The Labute approximate surface area is 151 Å². The van der Waals surface area contributed by atoms with Crippen LogP contribution in [-0.4, -0.2) is 32.7 Å². The molecule has 5 heteroatoms. The van der Waals surface area contributed by atoms with Gasteiger partial charge in [0.15, 0.2) is 0 Å². The highest BCUT2D eigenvalue weighted by Crippen LogP contribution is 2.58. The second kappa shape index (κ2) is 7.32. The maximum Gasteiger partial charge on any atom is 0.223 e. The van der Waals surface area contributed by atoms with E-state index in [4.69, 9.17) is 4.74 Å². The van der Waals surface area contributed by atoms with Crippen molar-refractivity contribution in [3.05, 3.63) is 29.8 Å². The summed E-state index contributed by atoms with van der Waals surface area (Å²) in [5.74, 6) is 1.34. The van der Waals surface area contributed by atoms with Gasteiger partial charge in [-0.15, -0.1) is 12.4 Å². The molecule has 1 aliphatic heterocycles. The van der Waals surface area contributed by atoms with Gasteiger partial charge in [0.2, 0.25) is 5.91 Å². The first kappa shape index (κ1) is 19.1. The van der Waals surface area contributed by atoms with Crippen molar-refractivity contribution in [1.82, 2.24) is 10.6 Å². The smallest absolute Gasteiger partial charge is 0.223 e. The van der Waals surface area contributed by atoms with Gasteiger partial charge in [0.1, 0.15) is 5.75 Å². The summed E-state index contributed by atoms with van der Waals surface area (Å²) in [5, 5.41) is 6.58. The van der Waals surface area contributed by atoms with E-state index in [9.17, 15) is 4.79 Å². The first-order valence-electron chi connectivity index (χ1n) is 8.60. The second-order valence-corrected chi connectivity index (χ2v) is 7.70. The molecule has 1 aromatic rings. The molecule has 2 fully saturated rings. The van der Waals surface area contributed by atoms with E-state index in [1.54, 1.807) is 7.11 Å². The highest BCUT2D eigenvalue weighted by molar-refractivity contribution is 5.85. The summed E-state index contributed by atoms with van der Waals surface area (Å²) >= 11 is 0. The van der Waals surface area contributed by atoms with Crippen molar-refractivity contribution in [2.45, 2.75) is 38.5 Å². The van der Waals surface area contributed by atoms with Crippen LogP contribution in [0.4, 0.5) is 0 Å². The standard InChI is InChI=1S/C19H28N2O2.ClH/c1-18(2,14-4-6-15(23-3)7-5-14)13-21-17(22)16-12-19(16)8-10-20-11-9-19;/h4-7,16,20H,8-13H2,1-3H3,(H,21,22);1H. The van der Waals surface area contributed by atoms with E-state index in [0.717, 1.165) is 38.1 Å². The molecule has 134 valence electrons. The fraction of sp³-hybridized carbons (Fsp3) is 0.632. The SMILES string of the molecule is COc1ccc(C(C)(C)CNC(=O)C2CC23CCNCC3)cc1.Cl. The van der Waals surface area contributed by atoms with Gasteiger partial charge in [-0.05, 0) is 55.5 Å². The van der Waals surface area contributed by atoms with Crippen LogP contribution in [0.25, 0.3) is 0 Å². The van der Waals surface area contributed by atoms with Gasteiger partial charge in [0.25, 0.3) is 0 Å². The van der Waals surface area contributed by atoms with Crippen LogP contribution < -0.4 is 15.4 Å². The van der Waals surface area contributed by atoms with Gasteiger partial charge in [-0.1, -0.05) is 26.0 Å². The molecule has 2 N–H and O–H groups in total. The summed E-state index contributed by atoms with van der Waals surface area (Å²) in [6.45, 7) is 7.12. The number of benzene rings is 1. The third-order valence-electron chi connectivity index (χ3n) is 5.68. The Morgan fingerprint density at radius 3 is 2.50 bits per heavy atom. The molecule has 1 aromatic carbocycles. The van der Waals surface area contributed by atoms with Gasteiger partial charge in [0.05, 0.1) is 7.11 Å². The first-order valence-corrected chi connectivity index (χ1v) is 8.60. The molecule has 2 aliphatic rings. The number of piperidine rings is 1. The minimum Gasteiger partial charge on any atom is -0.497 e. The Balaban J connectivity index is 0.00000208. The van der Waals surface area contributed by atoms with E-state index in [1.165, 1.54) is 5.56 Å². The molecule has 4 nitrogen and oxygen atoms in total. The Bertz CT molecular complexity index is 565. The normalized spacial score (nSPS) is 21.7. The number of rotatable bonds is 5. The van der Waals surface area contributed by atoms with Crippen molar-refractivity contribution in [2.75, 3.05) is 26.7 Å². The number of hydrogen-bond acceptors (Lipinski definition) is 3. The zero-order valence-corrected chi connectivity index (χ0v) is 15.7. The van der Waals surface area contributed by atoms with Crippen LogP contribution in [0.5, 0.6) is 5.75 Å². The number of methoxy groups -OCH3 is 1. The Kier molecular flexibility index (Phi) is 5.82. The van der Waals surface area contributed by atoms with E-state index < -0.39 is 0 Å². The zero-order valence-electron chi connectivity index (χ0n) is 14.9. The molecular formula is C19H29ClN2O2. The van der Waals surface area contributed by atoms with Crippen molar-refractivity contribution >= 4 is 18.3 Å². The number of carbonyl (C=O) groups is 1. The second-order valence-electron chi connectivity index (χ2n) is 7.70. The van der Waals surface area contributed by atoms with Crippen LogP contribution in [0.2, 0.25) is 0 Å². The van der Waals surface area contributed by atoms with Crippen molar-refractivity contribution in [3.8, 4) is 5.75 Å². The van der Waals surface area contributed by atoms with Crippen LogP contribution in [0.15, 0.2) is 24.3 Å². The molecule has 1 saturated heterocycles. The Morgan fingerprint density at radius 1 is 1.29 bits per heavy atom. The lowest BCUT2D eigenvalue weighted by atomic mass is 9.84. The average molecular weight is 353 g/mol. The summed E-state index contributed by atoms with van der Waals surface area (Å²) in [5.41, 5.74) is 1.43. The molecule has 1 atom stereocenters. The number of halogens is 1. The third kappa shape index (κ3) is 3.86. The lowest BCUT2D eigenvalue weighted by Gasteiger charge is -2.27. The molecule has 1 heterocycles. The van der Waals surface area contributed by atoms with Gasteiger partial charge < -0.3 is 15.4 Å². The van der Waals surface area contributed by atoms with Crippen LogP contribution in [0, 0.1) is 11.3 Å². The molecule has 0 bridgehead atoms. The molecule has 24 heavy (non-hydrogen) atoms. The van der Waals surface area contributed by atoms with Crippen LogP contribution >= 0.6 is 12.4 Å². The zero-order chi connectivity index (χ0) is 16.5. The number of ether oxygens (including phenoxy) is 1. The molecular weight excluding hydrogens is 324 g/mol. The molecule has 1 aliphatic carbocycles. The first-order chi connectivity index (χ1) is 11.0. The molecule has 1 unspecified atom stereocenters. The van der Waals surface area contributed by atoms with Crippen molar-refractivity contribution in [3.63, 3.8) is 0 Å². The number of amides is 1. The van der Waals surface area contributed by atoms with Crippen molar-refractivity contribution < 1.29 is 9.53 Å². The number of nitrogens with one attached hydrogen (secondary N) is 2. The van der Waals surface area contributed by atoms with Crippen LogP contribution in [0.3, 0.4) is 0 Å². The topological polar surface area (TPSA) is 50.4 Å². The van der Waals surface area contributed by atoms with E-state index in [1.807, 2.05) is 12.1 Å². The van der Waals surface area contributed by atoms with E-state index in [0.29, 0.717) is 12.0 Å². The summed E-state index contributed by atoms with van der Waals surface area (Å²) in [6, 6.07) is 8.11. The van der Waals surface area contributed by atoms with Gasteiger partial charge in [-0.2, -0.15) is 0 Å². The predicted molar refractivity (Wildman–Crippen MR) is 98.9 cm³/mol. The lowest BCUT2D eigenvalue weighted by molar-refractivity contribution is -0.123. The average Bonchev–Trinajstić information content (AvgIpc) is 3.26. The number of hydrogen-bond donors (Lipinski definition) is 2. The maximum absolute atomic E-state index is 12.5. The van der Waals surface area contributed by atoms with Crippen LogP contribution in [-0.2, 0) is 10.2 Å². The van der Waals surface area contributed by atoms with Gasteiger partial charge in [0, 0.05) is 17.9 Å². The summed E-state index contributed by atoms with van der Waals surface area (Å²) < 4.78 is 5.21. The molecule has 0 radical (unpaired) electrons. The minimum absolute atomic E-state index is 0. The van der Waals surface area contributed by atoms with E-state index in [-0.39, 0.29) is 29.6 Å². The molecule has 1 saturated carbocycles. The van der Waals surface area contributed by atoms with E-state index in [2.05, 4.69) is 36.6 Å². The minimum atomic E-state index is -0.0852. The van der Waals surface area contributed by atoms with Gasteiger partial charge in [-0.25, -0.2) is 0 Å². The molecule has 1 spiro atoms. The summed E-state index contributed by atoms with van der Waals surface area (Å²) in [7, 11) is 1.67. The summed E-state index contributed by atoms with van der Waals surface area (Å²) in [6.07, 6.45) is 3.36. The molecule has 3 rings (SSSR count). The predicted octanol–water partition coefficient (Wildman–Crippen LogP) is 2.90. The fourth-order valence-electron chi connectivity index (χ4n) is 3.77. The number of carbonyl (C=O) groups excluding carboxylic acids is 1. The lowest BCUT2D eigenvalue weighted by Crippen LogP contribution is -2.39. The molecule has 1 amide bonds. The van der Waals surface area contributed by atoms with Crippen LogP contribution in [0.1, 0.15) is 38.7 Å². The van der Waals surface area contributed by atoms with E-state index >= 15 is 0 Å². The Morgan fingerprint density at radius 2 is 1.92 bits per heavy atom. The monoisotopic (exact) mass is 352 g/mol. The largest absolute Gasteiger partial charge is 0.497 e. The van der Waals surface area contributed by atoms with Crippen molar-refractivity contribution in [1.29, 1.82) is 0 Å². The fourth-order valence-corrected chi connectivity index (χ4v) is 3.77. The Hall–Kier alpha value is -1.26. The summed E-state index contributed by atoms with van der Waals surface area (Å²) in [4.78, 5) is 12.5. The highest BCUT2D eigenvalue weighted by Gasteiger charge is 2.57.